The summed E-state index contributed by atoms with van der Waals surface area (Å²) in [5, 5.41) is 0. The van der Waals surface area contributed by atoms with Crippen LogP contribution in [0.2, 0.25) is 0 Å². The molecule has 1 aliphatic heterocycles. The van der Waals surface area contributed by atoms with Gasteiger partial charge in [-0.3, -0.25) is 9.59 Å². The lowest BCUT2D eigenvalue weighted by atomic mass is 9.55. The number of nitrogens with zero attached hydrogens (tertiary/aromatic N) is 1. The van der Waals surface area contributed by atoms with Crippen molar-refractivity contribution in [3.63, 3.8) is 0 Å². The molecule has 0 N–H and O–H groups in total. The van der Waals surface area contributed by atoms with E-state index >= 15 is 0 Å². The summed E-state index contributed by atoms with van der Waals surface area (Å²) in [6, 6.07) is 23.9. The highest BCUT2D eigenvalue weighted by Crippen LogP contribution is 2.61. The van der Waals surface area contributed by atoms with E-state index in [2.05, 4.69) is 36.9 Å². The Balaban J connectivity index is 1.59. The molecular weight excluding hydrogens is 366 g/mol. The minimum absolute atomic E-state index is 0.0732. The number of amides is 2. The minimum atomic E-state index is -0.352. The van der Waals surface area contributed by atoms with Crippen molar-refractivity contribution in [2.45, 2.75) is 16.7 Å². The van der Waals surface area contributed by atoms with E-state index < -0.39 is 0 Å². The highest BCUT2D eigenvalue weighted by Gasteiger charge is 2.61. The van der Waals surface area contributed by atoms with Crippen molar-refractivity contribution >= 4 is 30.1 Å². The van der Waals surface area contributed by atoms with E-state index in [-0.39, 0.29) is 35.5 Å². The molecule has 2 bridgehead atoms. The van der Waals surface area contributed by atoms with Gasteiger partial charge < -0.3 is 0 Å². The standard InChI is InChI=1S/C24H17NO2S/c26-23-21-19-13-7-1-2-8-14(13)20(16-10-4-3-9-15(16)19)22(21)24(27)25(23)17-11-5-6-12-18(17)28/h1-12,19-22,28H/t19?,20?,21-,22-/m0/s1. The lowest BCUT2D eigenvalue weighted by molar-refractivity contribution is -0.122. The van der Waals surface area contributed by atoms with Crippen molar-refractivity contribution in [3.8, 4) is 0 Å². The lowest BCUT2D eigenvalue weighted by Gasteiger charge is -2.45. The van der Waals surface area contributed by atoms with Gasteiger partial charge in [-0.2, -0.15) is 0 Å². The molecule has 0 spiro atoms. The molecule has 1 heterocycles. The smallest absolute Gasteiger partial charge is 0.238 e. The van der Waals surface area contributed by atoms with Crippen molar-refractivity contribution in [1.82, 2.24) is 0 Å². The Morgan fingerprint density at radius 3 is 1.43 bits per heavy atom. The molecule has 0 unspecified atom stereocenters. The predicted molar refractivity (Wildman–Crippen MR) is 110 cm³/mol. The summed E-state index contributed by atoms with van der Waals surface area (Å²) in [5.74, 6) is -1.05. The molecule has 3 aromatic rings. The molecule has 1 saturated heterocycles. The number of hydrogen-bond acceptors (Lipinski definition) is 3. The van der Waals surface area contributed by atoms with Gasteiger partial charge in [-0.15, -0.1) is 12.6 Å². The number of thiol groups is 1. The molecule has 136 valence electrons. The Kier molecular flexibility index (Phi) is 3.22. The maximum atomic E-state index is 13.6. The fourth-order valence-corrected chi connectivity index (χ4v) is 5.83. The van der Waals surface area contributed by atoms with E-state index in [1.54, 1.807) is 6.07 Å². The fraction of sp³-hybridized carbons (Fsp3) is 0.167. The number of carbonyl (C=O) groups excluding carboxylic acids is 2. The topological polar surface area (TPSA) is 37.4 Å². The monoisotopic (exact) mass is 383 g/mol. The summed E-state index contributed by atoms with van der Waals surface area (Å²) in [4.78, 5) is 29.2. The van der Waals surface area contributed by atoms with Crippen LogP contribution in [0.1, 0.15) is 34.1 Å². The van der Waals surface area contributed by atoms with Gasteiger partial charge in [-0.25, -0.2) is 4.90 Å². The van der Waals surface area contributed by atoms with Crippen molar-refractivity contribution in [1.29, 1.82) is 0 Å². The summed E-state index contributed by atoms with van der Waals surface area (Å²) in [6.07, 6.45) is 0. The first-order valence-electron chi connectivity index (χ1n) is 9.52. The second kappa shape index (κ2) is 5.58. The van der Waals surface area contributed by atoms with Crippen LogP contribution in [-0.4, -0.2) is 11.8 Å². The van der Waals surface area contributed by atoms with Crippen molar-refractivity contribution in [2.24, 2.45) is 11.8 Å². The largest absolute Gasteiger partial charge is 0.274 e. The fourth-order valence-electron chi connectivity index (χ4n) is 5.57. The van der Waals surface area contributed by atoms with Crippen LogP contribution in [0.5, 0.6) is 0 Å². The molecule has 3 aliphatic carbocycles. The highest BCUT2D eigenvalue weighted by atomic mass is 32.1. The Morgan fingerprint density at radius 1 is 0.607 bits per heavy atom. The van der Waals surface area contributed by atoms with Gasteiger partial charge in [-0.05, 0) is 34.4 Å². The molecule has 0 aromatic heterocycles. The van der Waals surface area contributed by atoms with Gasteiger partial charge in [-0.1, -0.05) is 60.7 Å². The van der Waals surface area contributed by atoms with Crippen molar-refractivity contribution in [3.05, 3.63) is 95.1 Å². The molecule has 0 saturated carbocycles. The van der Waals surface area contributed by atoms with E-state index in [0.29, 0.717) is 10.6 Å². The molecular formula is C24H17NO2S. The Morgan fingerprint density at radius 2 is 1.00 bits per heavy atom. The predicted octanol–water partition coefficient (Wildman–Crippen LogP) is 4.37. The third kappa shape index (κ3) is 1.86. The highest BCUT2D eigenvalue weighted by molar-refractivity contribution is 7.80. The first kappa shape index (κ1) is 16.1. The number of benzene rings is 3. The molecule has 4 aliphatic rings. The quantitative estimate of drug-likeness (QED) is 0.500. The summed E-state index contributed by atoms with van der Waals surface area (Å²) in [7, 11) is 0. The third-order valence-electron chi connectivity index (χ3n) is 6.57. The zero-order chi connectivity index (χ0) is 19.0. The number of imide groups is 1. The average Bonchev–Trinajstić information content (AvgIpc) is 2.99. The maximum Gasteiger partial charge on any atom is 0.238 e. The molecule has 3 aromatic carbocycles. The number of rotatable bonds is 1. The van der Waals surface area contributed by atoms with Crippen LogP contribution >= 0.6 is 12.6 Å². The third-order valence-corrected chi connectivity index (χ3v) is 6.95. The van der Waals surface area contributed by atoms with E-state index in [1.807, 2.05) is 42.5 Å². The van der Waals surface area contributed by atoms with Crippen LogP contribution in [0, 0.1) is 11.8 Å². The number of anilines is 1. The van der Waals surface area contributed by atoms with Crippen LogP contribution in [0.3, 0.4) is 0 Å². The van der Waals surface area contributed by atoms with Gasteiger partial charge in [0.05, 0.1) is 17.5 Å². The van der Waals surface area contributed by atoms with E-state index in [4.69, 9.17) is 0 Å². The van der Waals surface area contributed by atoms with Gasteiger partial charge >= 0.3 is 0 Å². The maximum absolute atomic E-state index is 13.6. The van der Waals surface area contributed by atoms with Crippen LogP contribution in [0.15, 0.2) is 77.7 Å². The number of para-hydroxylation sites is 1. The summed E-state index contributed by atoms with van der Waals surface area (Å²) in [5.41, 5.74) is 5.34. The number of carbonyl (C=O) groups is 2. The summed E-state index contributed by atoms with van der Waals surface area (Å²) >= 11 is 4.50. The van der Waals surface area contributed by atoms with Crippen molar-refractivity contribution in [2.75, 3.05) is 4.90 Å². The zero-order valence-electron chi connectivity index (χ0n) is 14.9. The van der Waals surface area contributed by atoms with Gasteiger partial charge in [0.25, 0.3) is 0 Å². The van der Waals surface area contributed by atoms with Gasteiger partial charge in [0.1, 0.15) is 0 Å². The van der Waals surface area contributed by atoms with Crippen LogP contribution in [-0.2, 0) is 9.59 Å². The Labute approximate surface area is 168 Å². The number of hydrogen-bond donors (Lipinski definition) is 1. The minimum Gasteiger partial charge on any atom is -0.274 e. The molecule has 1 fully saturated rings. The lowest BCUT2D eigenvalue weighted by Crippen LogP contribution is -2.41. The van der Waals surface area contributed by atoms with Gasteiger partial charge in [0.2, 0.25) is 11.8 Å². The second-order valence-electron chi connectivity index (χ2n) is 7.77. The van der Waals surface area contributed by atoms with E-state index in [9.17, 15) is 9.59 Å². The normalized spacial score (nSPS) is 26.8. The molecule has 4 heteroatoms. The second-order valence-corrected chi connectivity index (χ2v) is 8.25. The summed E-state index contributed by atoms with van der Waals surface area (Å²) < 4.78 is 0. The molecule has 2 atom stereocenters. The van der Waals surface area contributed by atoms with E-state index in [1.165, 1.54) is 27.2 Å². The Hall–Kier alpha value is -2.85. The van der Waals surface area contributed by atoms with Crippen LogP contribution < -0.4 is 4.90 Å². The first-order chi connectivity index (χ1) is 13.7. The average molecular weight is 383 g/mol. The zero-order valence-corrected chi connectivity index (χ0v) is 15.8. The van der Waals surface area contributed by atoms with Crippen LogP contribution in [0.4, 0.5) is 5.69 Å². The molecule has 2 amide bonds. The van der Waals surface area contributed by atoms with Gasteiger partial charge in [0.15, 0.2) is 0 Å². The SMILES string of the molecule is O=C1[C@H]2C3c4ccccc4C(c4ccccc43)[C@@H]2C(=O)N1c1ccccc1S. The van der Waals surface area contributed by atoms with Gasteiger partial charge in [0, 0.05) is 16.7 Å². The van der Waals surface area contributed by atoms with Crippen LogP contribution in [0.25, 0.3) is 0 Å². The molecule has 7 rings (SSSR count). The molecule has 0 radical (unpaired) electrons. The molecule has 28 heavy (non-hydrogen) atoms. The Bertz CT molecular complexity index is 1060. The van der Waals surface area contributed by atoms with E-state index in [0.717, 1.165) is 0 Å². The van der Waals surface area contributed by atoms with Crippen molar-refractivity contribution < 1.29 is 9.59 Å². The molecule has 3 nitrogen and oxygen atoms in total. The first-order valence-corrected chi connectivity index (χ1v) is 9.96. The summed E-state index contributed by atoms with van der Waals surface area (Å²) in [6.45, 7) is 0.